The van der Waals surface area contributed by atoms with E-state index in [1.807, 2.05) is 0 Å². The van der Waals surface area contributed by atoms with Crippen LogP contribution in [-0.2, 0) is 0 Å². The van der Waals surface area contributed by atoms with Crippen molar-refractivity contribution in [1.82, 2.24) is 4.90 Å². The van der Waals surface area contributed by atoms with Gasteiger partial charge in [-0.2, -0.15) is 0 Å². The maximum absolute atomic E-state index is 6.41. The highest BCUT2D eigenvalue weighted by atomic mass is 15.1. The van der Waals surface area contributed by atoms with Gasteiger partial charge in [-0.1, -0.05) is 20.8 Å². The molecule has 2 aliphatic rings. The summed E-state index contributed by atoms with van der Waals surface area (Å²) in [6.45, 7) is 10.9. The van der Waals surface area contributed by atoms with Crippen LogP contribution in [0.25, 0.3) is 0 Å². The van der Waals surface area contributed by atoms with Crippen LogP contribution in [0.4, 0.5) is 0 Å². The van der Waals surface area contributed by atoms with Crippen LogP contribution in [-0.4, -0.2) is 30.6 Å². The van der Waals surface area contributed by atoms with Crippen molar-refractivity contribution in [2.24, 2.45) is 29.4 Å². The van der Waals surface area contributed by atoms with Gasteiger partial charge in [-0.15, -0.1) is 0 Å². The smallest absolute Gasteiger partial charge is 0.00795 e. The molecule has 0 radical (unpaired) electrons. The van der Waals surface area contributed by atoms with Gasteiger partial charge in [0.25, 0.3) is 0 Å². The second-order valence-electron chi connectivity index (χ2n) is 7.44. The van der Waals surface area contributed by atoms with Gasteiger partial charge in [-0.05, 0) is 68.7 Å². The summed E-state index contributed by atoms with van der Waals surface area (Å²) in [6.07, 6.45) is 8.17. The number of rotatable bonds is 7. The molecule has 0 aromatic heterocycles. The van der Waals surface area contributed by atoms with Crippen molar-refractivity contribution >= 4 is 0 Å². The Balaban J connectivity index is 1.85. The van der Waals surface area contributed by atoms with E-state index in [9.17, 15) is 0 Å². The molecule has 2 nitrogen and oxygen atoms in total. The molecule has 0 aromatic carbocycles. The molecule has 0 aromatic rings. The molecule has 0 spiro atoms. The van der Waals surface area contributed by atoms with Crippen LogP contribution in [0.1, 0.15) is 59.3 Å². The second-order valence-corrected chi connectivity index (χ2v) is 7.44. The first-order chi connectivity index (χ1) is 9.10. The van der Waals surface area contributed by atoms with Crippen molar-refractivity contribution in [3.63, 3.8) is 0 Å². The monoisotopic (exact) mass is 266 g/mol. The van der Waals surface area contributed by atoms with Crippen molar-refractivity contribution in [3.05, 3.63) is 0 Å². The van der Waals surface area contributed by atoms with Crippen molar-refractivity contribution in [1.29, 1.82) is 0 Å². The van der Waals surface area contributed by atoms with E-state index in [-0.39, 0.29) is 0 Å². The lowest BCUT2D eigenvalue weighted by atomic mass is 9.73. The predicted molar refractivity (Wildman–Crippen MR) is 83.1 cm³/mol. The Morgan fingerprint density at radius 2 is 1.84 bits per heavy atom. The van der Waals surface area contributed by atoms with Crippen LogP contribution < -0.4 is 5.73 Å². The third-order valence-electron chi connectivity index (χ3n) is 5.27. The molecular formula is C17H34N2. The number of hydrogen-bond acceptors (Lipinski definition) is 2. The van der Waals surface area contributed by atoms with E-state index in [1.165, 1.54) is 58.2 Å². The fourth-order valence-corrected chi connectivity index (χ4v) is 3.71. The molecule has 0 aliphatic heterocycles. The zero-order chi connectivity index (χ0) is 13.8. The normalized spacial score (nSPS) is 32.2. The number of nitrogens with two attached hydrogens (primary N) is 1. The van der Waals surface area contributed by atoms with Gasteiger partial charge in [0.05, 0.1) is 0 Å². The molecule has 2 fully saturated rings. The molecular weight excluding hydrogens is 232 g/mol. The fraction of sp³-hybridized carbons (Fsp3) is 1.00. The summed E-state index contributed by atoms with van der Waals surface area (Å²) >= 11 is 0. The zero-order valence-electron chi connectivity index (χ0n) is 13.3. The van der Waals surface area contributed by atoms with Crippen molar-refractivity contribution < 1.29 is 0 Å². The van der Waals surface area contributed by atoms with Crippen LogP contribution in [0.15, 0.2) is 0 Å². The molecule has 3 atom stereocenters. The summed E-state index contributed by atoms with van der Waals surface area (Å²) in [5, 5.41) is 0. The number of hydrogen-bond donors (Lipinski definition) is 1. The Morgan fingerprint density at radius 3 is 2.42 bits per heavy atom. The van der Waals surface area contributed by atoms with E-state index < -0.39 is 0 Å². The number of nitrogens with zero attached hydrogens (tertiary/aromatic N) is 1. The minimum atomic E-state index is 0.452. The first-order valence-electron chi connectivity index (χ1n) is 8.58. The molecule has 0 saturated heterocycles. The minimum Gasteiger partial charge on any atom is -0.327 e. The molecule has 0 bridgehead atoms. The van der Waals surface area contributed by atoms with E-state index in [4.69, 9.17) is 5.73 Å². The quantitative estimate of drug-likeness (QED) is 0.764. The lowest BCUT2D eigenvalue weighted by molar-refractivity contribution is 0.133. The highest BCUT2D eigenvalue weighted by Gasteiger charge is 2.32. The van der Waals surface area contributed by atoms with Crippen LogP contribution in [0.2, 0.25) is 0 Å². The lowest BCUT2D eigenvalue weighted by Gasteiger charge is -2.38. The highest BCUT2D eigenvalue weighted by Crippen LogP contribution is 2.35. The fourth-order valence-electron chi connectivity index (χ4n) is 3.71. The predicted octanol–water partition coefficient (Wildman–Crippen LogP) is 3.51. The van der Waals surface area contributed by atoms with Crippen molar-refractivity contribution in [2.75, 3.05) is 19.6 Å². The summed E-state index contributed by atoms with van der Waals surface area (Å²) < 4.78 is 0. The zero-order valence-corrected chi connectivity index (χ0v) is 13.3. The van der Waals surface area contributed by atoms with Crippen molar-refractivity contribution in [2.45, 2.75) is 65.3 Å². The molecule has 2 saturated carbocycles. The molecule has 0 heterocycles. The Hall–Kier alpha value is -0.0800. The van der Waals surface area contributed by atoms with Gasteiger partial charge in [0.1, 0.15) is 0 Å². The van der Waals surface area contributed by atoms with E-state index >= 15 is 0 Å². The van der Waals surface area contributed by atoms with Crippen LogP contribution in [0, 0.1) is 23.7 Å². The molecule has 0 amide bonds. The van der Waals surface area contributed by atoms with Crippen LogP contribution in [0.5, 0.6) is 0 Å². The van der Waals surface area contributed by atoms with E-state index in [0.717, 1.165) is 23.7 Å². The maximum Gasteiger partial charge on any atom is 0.00795 e. The Morgan fingerprint density at radius 1 is 1.11 bits per heavy atom. The highest BCUT2D eigenvalue weighted by molar-refractivity contribution is 4.87. The Labute approximate surface area is 120 Å². The molecule has 2 heteroatoms. The SMILES string of the molecule is CCCN(CC1CC1)CC1CC(C(C)C)CCC1N. The molecule has 19 heavy (non-hydrogen) atoms. The molecule has 2 N–H and O–H groups in total. The van der Waals surface area contributed by atoms with E-state index in [0.29, 0.717) is 6.04 Å². The third kappa shape index (κ3) is 4.75. The van der Waals surface area contributed by atoms with E-state index in [2.05, 4.69) is 25.7 Å². The topological polar surface area (TPSA) is 29.3 Å². The summed E-state index contributed by atoms with van der Waals surface area (Å²) in [6, 6.07) is 0.452. The standard InChI is InChI=1S/C17H34N2/c1-4-9-19(11-14-5-6-14)12-16-10-15(13(2)3)7-8-17(16)18/h13-17H,4-12,18H2,1-3H3. The van der Waals surface area contributed by atoms with Gasteiger partial charge in [-0.3, -0.25) is 0 Å². The Kier molecular flexibility index (Phi) is 5.70. The van der Waals surface area contributed by atoms with Gasteiger partial charge >= 0.3 is 0 Å². The first kappa shape index (κ1) is 15.3. The average molecular weight is 266 g/mol. The summed E-state index contributed by atoms with van der Waals surface area (Å²) in [4.78, 5) is 2.71. The van der Waals surface area contributed by atoms with Gasteiger partial charge < -0.3 is 10.6 Å². The first-order valence-corrected chi connectivity index (χ1v) is 8.58. The van der Waals surface area contributed by atoms with Crippen LogP contribution in [0.3, 0.4) is 0 Å². The van der Waals surface area contributed by atoms with Crippen molar-refractivity contribution in [3.8, 4) is 0 Å². The Bertz CT molecular complexity index is 260. The maximum atomic E-state index is 6.41. The second kappa shape index (κ2) is 7.08. The van der Waals surface area contributed by atoms with Gasteiger partial charge in [-0.25, -0.2) is 0 Å². The molecule has 112 valence electrons. The third-order valence-corrected chi connectivity index (χ3v) is 5.27. The molecule has 3 unspecified atom stereocenters. The lowest BCUT2D eigenvalue weighted by Crippen LogP contribution is -2.44. The largest absolute Gasteiger partial charge is 0.327 e. The average Bonchev–Trinajstić information content (AvgIpc) is 3.16. The minimum absolute atomic E-state index is 0.452. The van der Waals surface area contributed by atoms with Crippen LogP contribution >= 0.6 is 0 Å². The summed E-state index contributed by atoms with van der Waals surface area (Å²) in [7, 11) is 0. The molecule has 2 rings (SSSR count). The van der Waals surface area contributed by atoms with Gasteiger partial charge in [0.15, 0.2) is 0 Å². The van der Waals surface area contributed by atoms with E-state index in [1.54, 1.807) is 0 Å². The van der Waals surface area contributed by atoms with Gasteiger partial charge in [0.2, 0.25) is 0 Å². The molecule has 2 aliphatic carbocycles. The summed E-state index contributed by atoms with van der Waals surface area (Å²) in [5.41, 5.74) is 6.41. The van der Waals surface area contributed by atoms with Gasteiger partial charge in [0, 0.05) is 19.1 Å². The summed E-state index contributed by atoms with van der Waals surface area (Å²) in [5.74, 6) is 3.49.